The lowest BCUT2D eigenvalue weighted by atomic mass is 9.78. The third-order valence-electron chi connectivity index (χ3n) is 2.91. The van der Waals surface area contributed by atoms with E-state index >= 15 is 0 Å². The van der Waals surface area contributed by atoms with Crippen LogP contribution in [0, 0.1) is 0 Å². The summed E-state index contributed by atoms with van der Waals surface area (Å²) in [5, 5.41) is 8.83. The fourth-order valence-corrected chi connectivity index (χ4v) is 1.77. The highest BCUT2D eigenvalue weighted by molar-refractivity contribution is 6.61. The van der Waals surface area contributed by atoms with Crippen LogP contribution >= 0.6 is 0 Å². The van der Waals surface area contributed by atoms with Gasteiger partial charge in [0, 0.05) is 26.3 Å². The number of carboxylic acids is 1. The Hall–Kier alpha value is -1.37. The lowest BCUT2D eigenvalue weighted by Crippen LogP contribution is -2.43. The van der Waals surface area contributed by atoms with Gasteiger partial charge < -0.3 is 19.3 Å². The first kappa shape index (κ1) is 13.1. The van der Waals surface area contributed by atoms with Crippen LogP contribution < -0.4 is 5.46 Å². The zero-order valence-corrected chi connectivity index (χ0v) is 10.3. The van der Waals surface area contributed by atoms with E-state index in [4.69, 9.17) is 14.4 Å². The molecular weight excluding hydrogens is 233 g/mol. The molecular formula is C12H16BNO4. The Morgan fingerprint density at radius 3 is 2.28 bits per heavy atom. The van der Waals surface area contributed by atoms with Gasteiger partial charge in [-0.15, -0.1) is 0 Å². The van der Waals surface area contributed by atoms with E-state index in [0.717, 1.165) is 18.6 Å². The molecule has 0 saturated carbocycles. The number of hydrogen-bond acceptors (Lipinski definition) is 4. The summed E-state index contributed by atoms with van der Waals surface area (Å²) in [6, 6.07) is 6.60. The third-order valence-corrected chi connectivity index (χ3v) is 2.91. The van der Waals surface area contributed by atoms with Crippen molar-refractivity contribution < 1.29 is 19.2 Å². The highest BCUT2D eigenvalue weighted by Gasteiger charge is 2.23. The maximum absolute atomic E-state index is 10.8. The third kappa shape index (κ3) is 3.32. The zero-order chi connectivity index (χ0) is 13.0. The largest absolute Gasteiger partial charge is 0.493 e. The van der Waals surface area contributed by atoms with Gasteiger partial charge in [-0.1, -0.05) is 12.1 Å². The van der Waals surface area contributed by atoms with Gasteiger partial charge in [-0.05, 0) is 24.6 Å². The highest BCUT2D eigenvalue weighted by atomic mass is 16.6. The van der Waals surface area contributed by atoms with Gasteiger partial charge in [-0.3, -0.25) is 0 Å². The zero-order valence-electron chi connectivity index (χ0n) is 10.3. The van der Waals surface area contributed by atoms with Gasteiger partial charge in [-0.25, -0.2) is 4.79 Å². The van der Waals surface area contributed by atoms with E-state index in [1.807, 2.05) is 7.05 Å². The molecule has 1 aromatic carbocycles. The van der Waals surface area contributed by atoms with Crippen LogP contribution in [0.2, 0.25) is 0 Å². The number of carboxylic acid groups (broad SMARTS) is 1. The van der Waals surface area contributed by atoms with E-state index < -0.39 is 13.1 Å². The van der Waals surface area contributed by atoms with Crippen molar-refractivity contribution in [2.75, 3.05) is 33.4 Å². The summed E-state index contributed by atoms with van der Waals surface area (Å²) in [4.78, 5) is 12.9. The molecule has 18 heavy (non-hydrogen) atoms. The highest BCUT2D eigenvalue weighted by Crippen LogP contribution is 2.01. The number of rotatable bonds is 2. The van der Waals surface area contributed by atoms with Crippen molar-refractivity contribution >= 4 is 18.6 Å². The van der Waals surface area contributed by atoms with Crippen molar-refractivity contribution in [1.82, 2.24) is 4.90 Å². The van der Waals surface area contributed by atoms with Crippen LogP contribution in [0.4, 0.5) is 0 Å². The molecule has 2 rings (SSSR count). The monoisotopic (exact) mass is 249 g/mol. The molecule has 1 aromatic rings. The molecule has 0 atom stereocenters. The minimum absolute atomic E-state index is 0.268. The van der Waals surface area contributed by atoms with Gasteiger partial charge >= 0.3 is 13.1 Å². The van der Waals surface area contributed by atoms with E-state index in [9.17, 15) is 4.79 Å². The molecule has 1 aliphatic rings. The smallest absolute Gasteiger partial charge is 0.478 e. The van der Waals surface area contributed by atoms with Crippen LogP contribution in [-0.4, -0.2) is 56.4 Å². The maximum atomic E-state index is 10.8. The number of nitrogens with zero attached hydrogens (tertiary/aromatic N) is 1. The van der Waals surface area contributed by atoms with Crippen LogP contribution in [0.15, 0.2) is 24.3 Å². The maximum Gasteiger partial charge on any atom is 0.493 e. The Bertz CT molecular complexity index is 399. The molecule has 6 heteroatoms. The van der Waals surface area contributed by atoms with E-state index in [-0.39, 0.29) is 5.56 Å². The molecule has 1 saturated heterocycles. The standard InChI is InChI=1S/C12H16BNO4/c1-14-6-8-17-13(18-9-7-14)11-4-2-10(3-5-11)12(15)16/h2-5H,6-9H2,1H3,(H,15,16). The van der Waals surface area contributed by atoms with Crippen molar-refractivity contribution in [3.63, 3.8) is 0 Å². The first-order valence-electron chi connectivity index (χ1n) is 5.92. The number of carbonyl (C=O) groups is 1. The van der Waals surface area contributed by atoms with Crippen LogP contribution in [0.3, 0.4) is 0 Å². The molecule has 1 aliphatic heterocycles. The Morgan fingerprint density at radius 1 is 1.22 bits per heavy atom. The second kappa shape index (κ2) is 5.99. The molecule has 1 fully saturated rings. The van der Waals surface area contributed by atoms with Crippen molar-refractivity contribution in [2.24, 2.45) is 0 Å². The summed E-state index contributed by atoms with van der Waals surface area (Å²) in [6.07, 6.45) is 0. The number of likely N-dealkylation sites (N-methyl/N-ethyl adjacent to an activating group) is 1. The fourth-order valence-electron chi connectivity index (χ4n) is 1.77. The summed E-state index contributed by atoms with van der Waals surface area (Å²) >= 11 is 0. The topological polar surface area (TPSA) is 59.0 Å². The quantitative estimate of drug-likeness (QED) is 0.751. The predicted molar refractivity (Wildman–Crippen MR) is 68.2 cm³/mol. The lowest BCUT2D eigenvalue weighted by molar-refractivity contribution is 0.0697. The lowest BCUT2D eigenvalue weighted by Gasteiger charge is -2.24. The molecule has 5 nitrogen and oxygen atoms in total. The van der Waals surface area contributed by atoms with Crippen molar-refractivity contribution in [3.8, 4) is 0 Å². The Morgan fingerprint density at radius 2 is 1.78 bits per heavy atom. The Labute approximate surface area is 106 Å². The number of aromatic carboxylic acids is 1. The van der Waals surface area contributed by atoms with Crippen molar-refractivity contribution in [3.05, 3.63) is 29.8 Å². The molecule has 0 bridgehead atoms. The number of hydrogen-bond donors (Lipinski definition) is 1. The number of benzene rings is 1. The van der Waals surface area contributed by atoms with Crippen LogP contribution in [0.1, 0.15) is 10.4 Å². The minimum atomic E-state index is -0.928. The van der Waals surface area contributed by atoms with Gasteiger partial charge in [0.15, 0.2) is 0 Å². The summed E-state index contributed by atoms with van der Waals surface area (Å²) in [5.41, 5.74) is 1.12. The molecule has 96 valence electrons. The second-order valence-electron chi connectivity index (χ2n) is 4.30. The van der Waals surface area contributed by atoms with E-state index in [1.165, 1.54) is 0 Å². The average molecular weight is 249 g/mol. The summed E-state index contributed by atoms with van der Waals surface area (Å²) in [7, 11) is 1.62. The molecule has 0 spiro atoms. The summed E-state index contributed by atoms with van der Waals surface area (Å²) in [6.45, 7) is 2.93. The van der Waals surface area contributed by atoms with Gasteiger partial charge in [0.05, 0.1) is 5.56 Å². The van der Waals surface area contributed by atoms with Crippen molar-refractivity contribution in [2.45, 2.75) is 0 Å². The van der Waals surface area contributed by atoms with Gasteiger partial charge in [0.2, 0.25) is 0 Å². The van der Waals surface area contributed by atoms with Crippen LogP contribution in [0.5, 0.6) is 0 Å². The molecule has 0 amide bonds. The molecule has 0 unspecified atom stereocenters. The van der Waals surface area contributed by atoms with E-state index in [0.29, 0.717) is 13.2 Å². The second-order valence-corrected chi connectivity index (χ2v) is 4.30. The van der Waals surface area contributed by atoms with Gasteiger partial charge in [0.25, 0.3) is 0 Å². The SMILES string of the molecule is CN1CCOB(c2ccc(C(=O)O)cc2)OCC1. The fraction of sp³-hybridized carbons (Fsp3) is 0.417. The van der Waals surface area contributed by atoms with Crippen molar-refractivity contribution in [1.29, 1.82) is 0 Å². The first-order chi connectivity index (χ1) is 8.66. The van der Waals surface area contributed by atoms with E-state index in [1.54, 1.807) is 24.3 Å². The molecule has 0 radical (unpaired) electrons. The van der Waals surface area contributed by atoms with E-state index in [2.05, 4.69) is 4.90 Å². The molecule has 0 aliphatic carbocycles. The molecule has 1 heterocycles. The Balaban J connectivity index is 2.03. The summed E-state index contributed by atoms with van der Waals surface area (Å²) in [5.74, 6) is -0.928. The molecule has 1 N–H and O–H groups in total. The molecule has 0 aromatic heterocycles. The Kier molecular flexibility index (Phi) is 4.35. The van der Waals surface area contributed by atoms with Crippen LogP contribution in [0.25, 0.3) is 0 Å². The van der Waals surface area contributed by atoms with Gasteiger partial charge in [0.1, 0.15) is 0 Å². The predicted octanol–water partition coefficient (Wildman–Crippen LogP) is 0.0586. The summed E-state index contributed by atoms with van der Waals surface area (Å²) < 4.78 is 11.3. The normalized spacial score (nSPS) is 18.2. The van der Waals surface area contributed by atoms with Gasteiger partial charge in [-0.2, -0.15) is 0 Å². The minimum Gasteiger partial charge on any atom is -0.478 e. The first-order valence-corrected chi connectivity index (χ1v) is 5.92. The average Bonchev–Trinajstić information content (AvgIpc) is 2.34. The van der Waals surface area contributed by atoms with Crippen LogP contribution in [-0.2, 0) is 9.31 Å².